The molecule has 2 nitrogen and oxygen atoms in total. The zero-order valence-electron chi connectivity index (χ0n) is 4.16. The second kappa shape index (κ2) is 3.10. The standard InChI is InChI=1S/C3H6B2O2/c1-7-3(5)2(4)6/h2-3,6H,1H3. The SMILES string of the molecule is [B]C(O)C([B])OC. The van der Waals surface area contributed by atoms with Crippen LogP contribution in [0.4, 0.5) is 0 Å². The molecular formula is C3H6B2O2. The van der Waals surface area contributed by atoms with Crippen molar-refractivity contribution in [2.24, 2.45) is 0 Å². The molecule has 2 atom stereocenters. The quantitative estimate of drug-likeness (QED) is 0.429. The molecule has 0 aromatic heterocycles. The van der Waals surface area contributed by atoms with E-state index in [1.54, 1.807) is 0 Å². The Balaban J connectivity index is 3.14. The summed E-state index contributed by atoms with van der Waals surface area (Å²) in [6.45, 7) is 0. The maximum Gasteiger partial charge on any atom is 0.111 e. The third-order valence-corrected chi connectivity index (χ3v) is 0.609. The molecule has 0 aromatic rings. The van der Waals surface area contributed by atoms with Crippen LogP contribution in [0.2, 0.25) is 0 Å². The first-order valence-electron chi connectivity index (χ1n) is 1.90. The first kappa shape index (κ1) is 7.05. The highest BCUT2D eigenvalue weighted by molar-refractivity contribution is 6.20. The molecule has 0 saturated heterocycles. The monoisotopic (exact) mass is 96.1 g/mol. The van der Waals surface area contributed by atoms with Crippen molar-refractivity contribution in [2.75, 3.05) is 7.11 Å². The van der Waals surface area contributed by atoms with Crippen LogP contribution in [0.1, 0.15) is 0 Å². The highest BCUT2D eigenvalue weighted by atomic mass is 16.5. The van der Waals surface area contributed by atoms with Gasteiger partial charge in [0.2, 0.25) is 0 Å². The van der Waals surface area contributed by atoms with Gasteiger partial charge in [-0.15, -0.1) is 0 Å². The smallest absolute Gasteiger partial charge is 0.111 e. The minimum atomic E-state index is -1.08. The van der Waals surface area contributed by atoms with E-state index in [2.05, 4.69) is 4.74 Å². The number of hydrogen-bond donors (Lipinski definition) is 1. The van der Waals surface area contributed by atoms with Gasteiger partial charge in [-0.05, 0) is 0 Å². The molecule has 0 heterocycles. The Kier molecular flexibility index (Phi) is 3.13. The number of aliphatic hydroxyl groups excluding tert-OH is 1. The van der Waals surface area contributed by atoms with Gasteiger partial charge in [0.15, 0.2) is 0 Å². The molecule has 1 N–H and O–H groups in total. The van der Waals surface area contributed by atoms with Crippen LogP contribution in [0.5, 0.6) is 0 Å². The van der Waals surface area contributed by atoms with Crippen molar-refractivity contribution in [2.45, 2.75) is 12.0 Å². The molecule has 7 heavy (non-hydrogen) atoms. The Bertz CT molecular complexity index is 48.2. The summed E-state index contributed by atoms with van der Waals surface area (Å²) in [4.78, 5) is 0. The van der Waals surface area contributed by atoms with Crippen molar-refractivity contribution in [3.05, 3.63) is 0 Å². The summed E-state index contributed by atoms with van der Waals surface area (Å²) in [6, 6.07) is -1.84. The van der Waals surface area contributed by atoms with Crippen LogP contribution in [0.3, 0.4) is 0 Å². The Morgan fingerprint density at radius 2 is 2.00 bits per heavy atom. The van der Waals surface area contributed by atoms with Gasteiger partial charge < -0.3 is 9.84 Å². The summed E-state index contributed by atoms with van der Waals surface area (Å²) in [6.07, 6.45) is 0. The van der Waals surface area contributed by atoms with Gasteiger partial charge in [-0.1, -0.05) is 0 Å². The number of rotatable bonds is 2. The van der Waals surface area contributed by atoms with E-state index in [4.69, 9.17) is 20.8 Å². The molecule has 4 heteroatoms. The third kappa shape index (κ3) is 2.71. The molecule has 0 aromatic carbocycles. The van der Waals surface area contributed by atoms with E-state index in [-0.39, 0.29) is 0 Å². The summed E-state index contributed by atoms with van der Waals surface area (Å²) >= 11 is 0. The second-order valence-electron chi connectivity index (χ2n) is 1.19. The van der Waals surface area contributed by atoms with Gasteiger partial charge in [-0.3, -0.25) is 0 Å². The van der Waals surface area contributed by atoms with Gasteiger partial charge in [-0.2, -0.15) is 0 Å². The van der Waals surface area contributed by atoms with Crippen molar-refractivity contribution in [1.29, 1.82) is 0 Å². The molecule has 4 radical (unpaired) electrons. The molecule has 0 saturated carbocycles. The largest absolute Gasteiger partial charge is 0.401 e. The molecular weight excluding hydrogens is 89.7 g/mol. The molecule has 2 unspecified atom stereocenters. The van der Waals surface area contributed by atoms with Crippen molar-refractivity contribution >= 4 is 15.7 Å². The minimum Gasteiger partial charge on any atom is -0.401 e. The third-order valence-electron chi connectivity index (χ3n) is 0.609. The summed E-state index contributed by atoms with van der Waals surface area (Å²) in [5.41, 5.74) is 0. The highest BCUT2D eigenvalue weighted by Crippen LogP contribution is 1.84. The summed E-state index contributed by atoms with van der Waals surface area (Å²) in [7, 11) is 11.2. The number of aliphatic hydroxyl groups is 1. The Hall–Kier alpha value is 0.0499. The Morgan fingerprint density at radius 3 is 2.00 bits per heavy atom. The van der Waals surface area contributed by atoms with Gasteiger partial charge >= 0.3 is 0 Å². The average molecular weight is 95.7 g/mol. The fourth-order valence-electron chi connectivity index (χ4n) is 0.139. The van der Waals surface area contributed by atoms with Crippen LogP contribution in [-0.4, -0.2) is 39.9 Å². The summed E-state index contributed by atoms with van der Waals surface area (Å²) in [5.74, 6) is 0. The van der Waals surface area contributed by atoms with Crippen molar-refractivity contribution in [1.82, 2.24) is 0 Å². The summed E-state index contributed by atoms with van der Waals surface area (Å²) < 4.78 is 4.41. The fourth-order valence-corrected chi connectivity index (χ4v) is 0.139. The molecule has 0 aliphatic carbocycles. The van der Waals surface area contributed by atoms with Crippen LogP contribution in [0.15, 0.2) is 0 Å². The Labute approximate surface area is 45.7 Å². The van der Waals surface area contributed by atoms with Crippen molar-refractivity contribution < 1.29 is 9.84 Å². The highest BCUT2D eigenvalue weighted by Gasteiger charge is 2.03. The number of ether oxygens (including phenoxy) is 1. The lowest BCUT2D eigenvalue weighted by molar-refractivity contribution is 0.0814. The maximum absolute atomic E-state index is 8.35. The van der Waals surface area contributed by atoms with E-state index >= 15 is 0 Å². The molecule has 0 spiro atoms. The fraction of sp³-hybridized carbons (Fsp3) is 1.00. The first-order valence-corrected chi connectivity index (χ1v) is 1.90. The van der Waals surface area contributed by atoms with E-state index in [9.17, 15) is 0 Å². The van der Waals surface area contributed by atoms with Gasteiger partial charge in [0.05, 0.1) is 0 Å². The molecule has 0 bridgehead atoms. The van der Waals surface area contributed by atoms with Crippen LogP contribution >= 0.6 is 0 Å². The van der Waals surface area contributed by atoms with Crippen LogP contribution in [0, 0.1) is 0 Å². The predicted octanol–water partition coefficient (Wildman–Crippen LogP) is -1.39. The Morgan fingerprint density at radius 1 is 1.57 bits per heavy atom. The van der Waals surface area contributed by atoms with Gasteiger partial charge in [0.25, 0.3) is 0 Å². The van der Waals surface area contributed by atoms with E-state index < -0.39 is 12.0 Å². The lowest BCUT2D eigenvalue weighted by atomic mass is 9.83. The van der Waals surface area contributed by atoms with E-state index in [1.807, 2.05) is 0 Å². The second-order valence-corrected chi connectivity index (χ2v) is 1.19. The van der Waals surface area contributed by atoms with Crippen LogP contribution < -0.4 is 0 Å². The molecule has 0 rings (SSSR count). The average Bonchev–Trinajstić information content (AvgIpc) is 1.65. The first-order chi connectivity index (χ1) is 3.18. The maximum atomic E-state index is 8.35. The molecule has 0 fully saturated rings. The van der Waals surface area contributed by atoms with Crippen molar-refractivity contribution in [3.8, 4) is 0 Å². The summed E-state index contributed by atoms with van der Waals surface area (Å²) in [5, 5.41) is 8.35. The lowest BCUT2D eigenvalue weighted by Crippen LogP contribution is -2.27. The normalized spacial score (nSPS) is 18.6. The topological polar surface area (TPSA) is 29.5 Å². The predicted molar refractivity (Wildman–Crippen MR) is 28.3 cm³/mol. The molecule has 0 amide bonds. The van der Waals surface area contributed by atoms with Crippen LogP contribution in [0.25, 0.3) is 0 Å². The van der Waals surface area contributed by atoms with E-state index in [0.29, 0.717) is 0 Å². The molecule has 0 aliphatic heterocycles. The van der Waals surface area contributed by atoms with Gasteiger partial charge in [0.1, 0.15) is 15.7 Å². The zero-order valence-corrected chi connectivity index (χ0v) is 4.16. The van der Waals surface area contributed by atoms with Crippen molar-refractivity contribution in [3.63, 3.8) is 0 Å². The lowest BCUT2D eigenvalue weighted by Gasteiger charge is -2.11. The number of methoxy groups -OCH3 is 1. The minimum absolute atomic E-state index is 0.764. The zero-order chi connectivity index (χ0) is 5.86. The van der Waals surface area contributed by atoms with Gasteiger partial charge in [0, 0.05) is 19.1 Å². The van der Waals surface area contributed by atoms with Gasteiger partial charge in [-0.25, -0.2) is 0 Å². The van der Waals surface area contributed by atoms with Crippen LogP contribution in [-0.2, 0) is 4.74 Å². The molecule has 36 valence electrons. The van der Waals surface area contributed by atoms with E-state index in [0.717, 1.165) is 0 Å². The molecule has 0 aliphatic rings. The van der Waals surface area contributed by atoms with E-state index in [1.165, 1.54) is 7.11 Å². The number of hydrogen-bond acceptors (Lipinski definition) is 2.